The van der Waals surface area contributed by atoms with Crippen molar-refractivity contribution in [1.29, 1.82) is 0 Å². The van der Waals surface area contributed by atoms with Gasteiger partial charge in [-0.1, -0.05) is 25.0 Å². The number of sulfonamides is 1. The Morgan fingerprint density at radius 2 is 1.93 bits per heavy atom. The molecule has 0 spiro atoms. The summed E-state index contributed by atoms with van der Waals surface area (Å²) < 4.78 is 75.1. The van der Waals surface area contributed by atoms with Gasteiger partial charge in [0.1, 0.15) is 11.6 Å². The van der Waals surface area contributed by atoms with E-state index in [4.69, 9.17) is 4.74 Å². The number of aliphatic hydroxyl groups is 1. The number of aliphatic hydroxyl groups excluding tert-OH is 1. The van der Waals surface area contributed by atoms with Crippen LogP contribution in [0.15, 0.2) is 52.2 Å². The molecule has 1 unspecified atom stereocenters. The maximum atomic E-state index is 13.2. The molecule has 42 heavy (non-hydrogen) atoms. The number of alkyl halides is 3. The Hall–Kier alpha value is -3.75. The molecule has 3 N–H and O–H groups in total. The van der Waals surface area contributed by atoms with Crippen LogP contribution < -0.4 is 15.0 Å². The first-order chi connectivity index (χ1) is 19.9. The molecule has 0 amide bonds. The summed E-state index contributed by atoms with van der Waals surface area (Å²) >= 11 is 0. The third-order valence-corrected chi connectivity index (χ3v) is 8.72. The van der Waals surface area contributed by atoms with Crippen molar-refractivity contribution in [3.63, 3.8) is 0 Å². The van der Waals surface area contributed by atoms with Gasteiger partial charge in [0, 0.05) is 12.5 Å². The quantitative estimate of drug-likeness (QED) is 0.256. The molecule has 1 aliphatic carbocycles. The van der Waals surface area contributed by atoms with Crippen LogP contribution in [0.1, 0.15) is 67.3 Å². The number of rotatable bonds is 9. The lowest BCUT2D eigenvalue weighted by atomic mass is 10.1. The van der Waals surface area contributed by atoms with Gasteiger partial charge in [0.25, 0.3) is 5.56 Å². The number of H-pyrrole nitrogens is 1. The number of ether oxygens (including phenoxy) is 1. The van der Waals surface area contributed by atoms with Crippen LogP contribution in [0.2, 0.25) is 0 Å². The number of hydrogen-bond donors (Lipinski definition) is 3. The zero-order valence-electron chi connectivity index (χ0n) is 22.9. The van der Waals surface area contributed by atoms with Gasteiger partial charge in [0.05, 0.1) is 34.4 Å². The van der Waals surface area contributed by atoms with Crippen molar-refractivity contribution in [3.8, 4) is 17.1 Å². The van der Waals surface area contributed by atoms with Crippen LogP contribution in [0.5, 0.6) is 5.75 Å². The summed E-state index contributed by atoms with van der Waals surface area (Å²) in [5.74, 6) is 1.19. The number of nitrogens with zero attached hydrogens (tertiary/aromatic N) is 3. The van der Waals surface area contributed by atoms with Crippen molar-refractivity contribution in [2.75, 3.05) is 13.2 Å². The van der Waals surface area contributed by atoms with Crippen LogP contribution >= 0.6 is 0 Å². The first kappa shape index (κ1) is 29.7. The highest BCUT2D eigenvalue weighted by molar-refractivity contribution is 7.89. The van der Waals surface area contributed by atoms with Crippen molar-refractivity contribution in [3.05, 3.63) is 75.5 Å². The smallest absolute Gasteiger partial charge is 0.416 e. The van der Waals surface area contributed by atoms with Crippen LogP contribution in [0, 0.1) is 6.92 Å². The minimum Gasteiger partial charge on any atom is -0.493 e. The van der Waals surface area contributed by atoms with E-state index in [2.05, 4.69) is 19.8 Å². The van der Waals surface area contributed by atoms with E-state index in [1.807, 2.05) is 0 Å². The fourth-order valence-corrected chi connectivity index (χ4v) is 6.28. The molecular weight excluding hydrogens is 575 g/mol. The Labute approximate surface area is 239 Å². The molecule has 224 valence electrons. The first-order valence-electron chi connectivity index (χ1n) is 13.5. The van der Waals surface area contributed by atoms with Gasteiger partial charge >= 0.3 is 6.18 Å². The standard InChI is InChI=1S/C28H30F3N5O5S/c1-3-41-23-12-11-20(42(39,40)32-15-22(37)18-9-6-10-19(13-18)28(29,30)31)14-21(23)25-34-27(38)24-16(2)33-26(36(24)35-25)17-7-4-5-8-17/h6,9-14,17,22,32,37H,3-5,7-8,15H2,1-2H3,(H,34,35,38). The van der Waals surface area contributed by atoms with E-state index in [-0.39, 0.29) is 40.1 Å². The average molecular weight is 606 g/mol. The van der Waals surface area contributed by atoms with Gasteiger partial charge in [-0.25, -0.2) is 22.6 Å². The predicted octanol–water partition coefficient (Wildman–Crippen LogP) is 4.48. The maximum absolute atomic E-state index is 13.2. The Morgan fingerprint density at radius 3 is 2.62 bits per heavy atom. The number of aromatic nitrogens is 4. The lowest BCUT2D eigenvalue weighted by Crippen LogP contribution is -2.28. The number of aryl methyl sites for hydroxylation is 1. The molecule has 2 heterocycles. The van der Waals surface area contributed by atoms with E-state index in [1.165, 1.54) is 28.8 Å². The molecule has 0 aliphatic heterocycles. The molecule has 5 rings (SSSR count). The van der Waals surface area contributed by atoms with Crippen molar-refractivity contribution in [2.45, 2.75) is 62.6 Å². The Balaban J connectivity index is 1.48. The Bertz CT molecular complexity index is 1780. The number of hydrogen-bond acceptors (Lipinski definition) is 7. The molecule has 0 radical (unpaired) electrons. The largest absolute Gasteiger partial charge is 0.493 e. The SMILES string of the molecule is CCOc1ccc(S(=O)(=O)NCC(O)c2cccc(C(F)(F)F)c2)cc1-c1nn2c(C3CCCC3)nc(C)c2c(=O)[nH]1. The van der Waals surface area contributed by atoms with Crippen LogP contribution in [0.3, 0.4) is 0 Å². The second kappa shape index (κ2) is 11.5. The second-order valence-corrected chi connectivity index (χ2v) is 11.9. The predicted molar refractivity (Wildman–Crippen MR) is 148 cm³/mol. The van der Waals surface area contributed by atoms with Gasteiger partial charge in [-0.15, -0.1) is 5.10 Å². The normalized spacial score (nSPS) is 15.4. The number of fused-ring (bicyclic) bond motifs is 1. The summed E-state index contributed by atoms with van der Waals surface area (Å²) in [5, 5.41) is 15.1. The fourth-order valence-electron chi connectivity index (χ4n) is 5.22. The van der Waals surface area contributed by atoms with Crippen LogP contribution in [-0.4, -0.2) is 46.3 Å². The molecular formula is C28H30F3N5O5S. The number of benzene rings is 2. The fraction of sp³-hybridized carbons (Fsp3) is 0.393. The minimum absolute atomic E-state index is 0.0775. The molecule has 2 aromatic heterocycles. The monoisotopic (exact) mass is 605 g/mol. The van der Waals surface area contributed by atoms with Gasteiger partial charge in [-0.3, -0.25) is 4.79 Å². The molecule has 1 atom stereocenters. The lowest BCUT2D eigenvalue weighted by Gasteiger charge is -2.16. The van der Waals surface area contributed by atoms with Gasteiger partial charge in [-0.05, 0) is 62.6 Å². The Morgan fingerprint density at radius 1 is 1.19 bits per heavy atom. The van der Waals surface area contributed by atoms with Gasteiger partial charge in [0.15, 0.2) is 11.3 Å². The Kier molecular flexibility index (Phi) is 8.14. The second-order valence-electron chi connectivity index (χ2n) is 10.2. The van der Waals surface area contributed by atoms with Gasteiger partial charge in [-0.2, -0.15) is 13.2 Å². The molecule has 2 aromatic carbocycles. The van der Waals surface area contributed by atoms with Crippen molar-refractivity contribution in [1.82, 2.24) is 24.3 Å². The molecule has 1 fully saturated rings. The van der Waals surface area contributed by atoms with Crippen molar-refractivity contribution < 1.29 is 31.4 Å². The van der Waals surface area contributed by atoms with E-state index in [0.29, 0.717) is 17.0 Å². The third kappa shape index (κ3) is 5.92. The molecule has 1 aliphatic rings. The third-order valence-electron chi connectivity index (χ3n) is 7.30. The van der Waals surface area contributed by atoms with Gasteiger partial charge in [0.2, 0.25) is 10.0 Å². The first-order valence-corrected chi connectivity index (χ1v) is 15.0. The zero-order chi connectivity index (χ0) is 30.2. The summed E-state index contributed by atoms with van der Waals surface area (Å²) in [6.45, 7) is 3.17. The van der Waals surface area contributed by atoms with Crippen molar-refractivity contribution >= 4 is 15.5 Å². The van der Waals surface area contributed by atoms with Crippen molar-refractivity contribution in [2.24, 2.45) is 0 Å². The van der Waals surface area contributed by atoms with Crippen LogP contribution in [-0.2, 0) is 16.2 Å². The summed E-state index contributed by atoms with van der Waals surface area (Å²) in [7, 11) is -4.26. The van der Waals surface area contributed by atoms with Crippen LogP contribution in [0.25, 0.3) is 16.9 Å². The van der Waals surface area contributed by atoms with E-state index in [1.54, 1.807) is 13.8 Å². The van der Waals surface area contributed by atoms with Gasteiger partial charge < -0.3 is 14.8 Å². The topological polar surface area (TPSA) is 139 Å². The highest BCUT2D eigenvalue weighted by Crippen LogP contribution is 2.35. The minimum atomic E-state index is -4.61. The number of imidazole rings is 1. The highest BCUT2D eigenvalue weighted by atomic mass is 32.2. The highest BCUT2D eigenvalue weighted by Gasteiger charge is 2.31. The summed E-state index contributed by atoms with van der Waals surface area (Å²) in [5.41, 5.74) is -0.424. The summed E-state index contributed by atoms with van der Waals surface area (Å²) in [6.07, 6.45) is -2.18. The average Bonchev–Trinajstić information content (AvgIpc) is 3.60. The molecule has 14 heteroatoms. The summed E-state index contributed by atoms with van der Waals surface area (Å²) in [4.78, 5) is 20.3. The van der Waals surface area contributed by atoms with E-state index in [9.17, 15) is 31.5 Å². The number of halogens is 3. The van der Waals surface area contributed by atoms with E-state index < -0.39 is 40.0 Å². The molecule has 4 aromatic rings. The lowest BCUT2D eigenvalue weighted by molar-refractivity contribution is -0.137. The molecule has 10 nitrogen and oxygen atoms in total. The maximum Gasteiger partial charge on any atom is 0.416 e. The molecule has 0 bridgehead atoms. The zero-order valence-corrected chi connectivity index (χ0v) is 23.7. The molecule has 1 saturated carbocycles. The summed E-state index contributed by atoms with van der Waals surface area (Å²) in [6, 6.07) is 8.04. The van der Waals surface area contributed by atoms with E-state index >= 15 is 0 Å². The van der Waals surface area contributed by atoms with E-state index in [0.717, 1.165) is 43.9 Å². The van der Waals surface area contributed by atoms with Crippen LogP contribution in [0.4, 0.5) is 13.2 Å². The number of aromatic amines is 1. The molecule has 0 saturated heterocycles. The number of nitrogens with one attached hydrogen (secondary N) is 2.